The lowest BCUT2D eigenvalue weighted by Crippen LogP contribution is -2.18. The van der Waals surface area contributed by atoms with E-state index in [-0.39, 0.29) is 5.69 Å². The Balaban J connectivity index is 1.92. The van der Waals surface area contributed by atoms with Gasteiger partial charge in [-0.3, -0.25) is 19.7 Å². The Labute approximate surface area is 172 Å². The zero-order chi connectivity index (χ0) is 20.5. The maximum atomic E-state index is 11.4. The number of halogens is 1. The van der Waals surface area contributed by atoms with Gasteiger partial charge in [0.15, 0.2) is 5.82 Å². The van der Waals surface area contributed by atoms with E-state index in [9.17, 15) is 10.1 Å². The molecule has 0 N–H and O–H groups in total. The van der Waals surface area contributed by atoms with Crippen LogP contribution in [0.5, 0.6) is 0 Å². The maximum absolute atomic E-state index is 11.4. The highest BCUT2D eigenvalue weighted by Crippen LogP contribution is 2.31. The van der Waals surface area contributed by atoms with E-state index in [0.717, 1.165) is 23.6 Å². The molecule has 0 amide bonds. The minimum Gasteiger partial charge on any atom is -0.309 e. The summed E-state index contributed by atoms with van der Waals surface area (Å²) in [4.78, 5) is 17.8. The van der Waals surface area contributed by atoms with Crippen LogP contribution in [0.3, 0.4) is 0 Å². The molecule has 1 aliphatic rings. The van der Waals surface area contributed by atoms with Crippen molar-refractivity contribution in [1.29, 1.82) is 0 Å². The van der Waals surface area contributed by atoms with Gasteiger partial charge in [-0.2, -0.15) is 0 Å². The Morgan fingerprint density at radius 3 is 2.69 bits per heavy atom. The van der Waals surface area contributed by atoms with E-state index in [1.54, 1.807) is 18.2 Å². The van der Waals surface area contributed by atoms with Gasteiger partial charge in [0, 0.05) is 41.2 Å². The molecule has 3 aromatic rings. The highest BCUT2D eigenvalue weighted by atomic mass is 35.5. The average Bonchev–Trinajstić information content (AvgIpc) is 3.02. The molecule has 1 aromatic heterocycles. The third kappa shape index (κ3) is 3.64. The Bertz CT molecular complexity index is 1120. The average molecular weight is 411 g/mol. The first kappa shape index (κ1) is 19.2. The monoisotopic (exact) mass is 410 g/mol. The summed E-state index contributed by atoms with van der Waals surface area (Å²) >= 11 is 6.43. The van der Waals surface area contributed by atoms with Crippen LogP contribution in [0.1, 0.15) is 22.8 Å². The van der Waals surface area contributed by atoms with Crippen molar-refractivity contribution >= 4 is 23.0 Å². The molecule has 0 aliphatic carbocycles. The summed E-state index contributed by atoms with van der Waals surface area (Å²) in [5.41, 5.74) is 2.73. The summed E-state index contributed by atoms with van der Waals surface area (Å²) in [6.07, 6.45) is 0.692. The molecule has 4 rings (SSSR count). The molecule has 0 spiro atoms. The molecule has 0 fully saturated rings. The lowest BCUT2D eigenvalue weighted by Gasteiger charge is -2.15. The number of aromatic nitrogens is 3. The maximum Gasteiger partial charge on any atom is 0.270 e. The predicted octanol–water partition coefficient (Wildman–Crippen LogP) is 3.28. The third-order valence-corrected chi connectivity index (χ3v) is 5.10. The molecule has 0 saturated heterocycles. The molecule has 2 aromatic carbocycles. The fourth-order valence-corrected chi connectivity index (χ4v) is 3.59. The van der Waals surface area contributed by atoms with Crippen LogP contribution in [0.15, 0.2) is 47.5 Å². The molecule has 29 heavy (non-hydrogen) atoms. The minimum absolute atomic E-state index is 0.00475. The van der Waals surface area contributed by atoms with Crippen LogP contribution in [-0.2, 0) is 13.0 Å². The van der Waals surface area contributed by atoms with Gasteiger partial charge in [0.2, 0.25) is 0 Å². The SMILES string of the molecule is CN(C)CCc1nnc2n1-c1ccc([N+](=O)[O-])cc1C(c1ccccc1Cl)=NC2. The van der Waals surface area contributed by atoms with Crippen LogP contribution in [-0.4, -0.2) is 50.9 Å². The van der Waals surface area contributed by atoms with Crippen molar-refractivity contribution in [2.24, 2.45) is 4.99 Å². The summed E-state index contributed by atoms with van der Waals surface area (Å²) in [6.45, 7) is 1.11. The van der Waals surface area contributed by atoms with Crippen LogP contribution in [0.4, 0.5) is 5.69 Å². The number of likely N-dealkylation sites (N-methyl/N-ethyl adjacent to an activating group) is 1. The highest BCUT2D eigenvalue weighted by Gasteiger charge is 2.25. The molecular formula is C20H19ClN6O2. The number of hydrogen-bond acceptors (Lipinski definition) is 6. The van der Waals surface area contributed by atoms with E-state index in [1.807, 2.05) is 36.9 Å². The Kier molecular flexibility index (Phi) is 5.12. The van der Waals surface area contributed by atoms with Gasteiger partial charge in [0.05, 0.1) is 16.3 Å². The normalized spacial score (nSPS) is 12.9. The van der Waals surface area contributed by atoms with Crippen LogP contribution >= 0.6 is 11.6 Å². The largest absolute Gasteiger partial charge is 0.309 e. The number of nitrogens with zero attached hydrogens (tertiary/aromatic N) is 6. The Morgan fingerprint density at radius 2 is 1.97 bits per heavy atom. The van der Waals surface area contributed by atoms with Crippen molar-refractivity contribution in [2.45, 2.75) is 13.0 Å². The number of fused-ring (bicyclic) bond motifs is 3. The molecule has 0 unspecified atom stereocenters. The smallest absolute Gasteiger partial charge is 0.270 e. The van der Waals surface area contributed by atoms with Gasteiger partial charge in [-0.15, -0.1) is 10.2 Å². The molecule has 0 bridgehead atoms. The first-order valence-electron chi connectivity index (χ1n) is 9.12. The van der Waals surface area contributed by atoms with E-state index in [1.165, 1.54) is 6.07 Å². The fraction of sp³-hybridized carbons (Fsp3) is 0.250. The quantitative estimate of drug-likeness (QED) is 0.475. The van der Waals surface area contributed by atoms with Crippen molar-refractivity contribution in [1.82, 2.24) is 19.7 Å². The molecule has 0 atom stereocenters. The molecule has 2 heterocycles. The Hall–Kier alpha value is -3.10. The topological polar surface area (TPSA) is 89.5 Å². The van der Waals surface area contributed by atoms with E-state index in [4.69, 9.17) is 16.6 Å². The second kappa shape index (κ2) is 7.73. The lowest BCUT2D eigenvalue weighted by atomic mass is 9.99. The van der Waals surface area contributed by atoms with Crippen LogP contribution in [0.25, 0.3) is 5.69 Å². The van der Waals surface area contributed by atoms with Crippen LogP contribution in [0.2, 0.25) is 5.02 Å². The standard InChI is InChI=1S/C20H19ClN6O2/c1-25(2)10-9-18-23-24-19-12-22-20(14-5-3-4-6-16(14)21)15-11-13(27(28)29)7-8-17(15)26(18)19/h3-8,11H,9-10,12H2,1-2H3. The van der Waals surface area contributed by atoms with Crippen molar-refractivity contribution in [3.8, 4) is 5.69 Å². The summed E-state index contributed by atoms with van der Waals surface area (Å²) in [6, 6.07) is 12.1. The minimum atomic E-state index is -0.407. The van der Waals surface area contributed by atoms with Gasteiger partial charge in [0.1, 0.15) is 12.4 Å². The lowest BCUT2D eigenvalue weighted by molar-refractivity contribution is -0.384. The number of nitro groups is 1. The molecule has 0 radical (unpaired) electrons. The zero-order valence-corrected chi connectivity index (χ0v) is 16.8. The number of non-ortho nitro benzene ring substituents is 1. The third-order valence-electron chi connectivity index (χ3n) is 4.77. The fourth-order valence-electron chi connectivity index (χ4n) is 3.36. The summed E-state index contributed by atoms with van der Waals surface area (Å²) in [7, 11) is 3.99. The molecule has 8 nitrogen and oxygen atoms in total. The first-order chi connectivity index (χ1) is 14.0. The number of aliphatic imine (C=N–C) groups is 1. The van der Waals surface area contributed by atoms with Gasteiger partial charge < -0.3 is 4.90 Å². The molecule has 9 heteroatoms. The first-order valence-corrected chi connectivity index (χ1v) is 9.50. The van der Waals surface area contributed by atoms with Gasteiger partial charge in [0.25, 0.3) is 5.69 Å². The van der Waals surface area contributed by atoms with E-state index < -0.39 is 4.92 Å². The van der Waals surface area contributed by atoms with Gasteiger partial charge in [-0.05, 0) is 26.2 Å². The summed E-state index contributed by atoms with van der Waals surface area (Å²) in [5.74, 6) is 1.48. The van der Waals surface area contributed by atoms with Crippen LogP contribution in [0, 0.1) is 10.1 Å². The molecule has 0 saturated carbocycles. The number of rotatable bonds is 5. The predicted molar refractivity (Wildman–Crippen MR) is 111 cm³/mol. The number of nitro benzene ring substituents is 1. The van der Waals surface area contributed by atoms with E-state index >= 15 is 0 Å². The van der Waals surface area contributed by atoms with E-state index in [0.29, 0.717) is 35.1 Å². The van der Waals surface area contributed by atoms with Crippen molar-refractivity contribution in [2.75, 3.05) is 20.6 Å². The number of benzene rings is 2. The second-order valence-electron chi connectivity index (χ2n) is 7.02. The van der Waals surface area contributed by atoms with Crippen molar-refractivity contribution in [3.63, 3.8) is 0 Å². The van der Waals surface area contributed by atoms with Gasteiger partial charge in [-0.25, -0.2) is 0 Å². The van der Waals surface area contributed by atoms with Crippen molar-refractivity contribution in [3.05, 3.63) is 80.4 Å². The van der Waals surface area contributed by atoms with E-state index in [2.05, 4.69) is 15.1 Å². The molecule has 1 aliphatic heterocycles. The van der Waals surface area contributed by atoms with Crippen LogP contribution < -0.4 is 0 Å². The molecule has 148 valence electrons. The number of hydrogen-bond donors (Lipinski definition) is 0. The van der Waals surface area contributed by atoms with Crippen molar-refractivity contribution < 1.29 is 4.92 Å². The highest BCUT2D eigenvalue weighted by molar-refractivity contribution is 6.35. The Morgan fingerprint density at radius 1 is 1.17 bits per heavy atom. The second-order valence-corrected chi connectivity index (χ2v) is 7.43. The zero-order valence-electron chi connectivity index (χ0n) is 16.0. The van der Waals surface area contributed by atoms with Gasteiger partial charge in [-0.1, -0.05) is 29.8 Å². The summed E-state index contributed by atoms with van der Waals surface area (Å²) in [5, 5.41) is 20.6. The molecular weight excluding hydrogens is 392 g/mol. The summed E-state index contributed by atoms with van der Waals surface area (Å²) < 4.78 is 1.95. The van der Waals surface area contributed by atoms with Gasteiger partial charge >= 0.3 is 0 Å².